The van der Waals surface area contributed by atoms with E-state index < -0.39 is 0 Å². The first-order valence-corrected chi connectivity index (χ1v) is 8.95. The van der Waals surface area contributed by atoms with Gasteiger partial charge in [-0.3, -0.25) is 14.4 Å². The van der Waals surface area contributed by atoms with E-state index >= 15 is 0 Å². The molecule has 1 amide bonds. The minimum absolute atomic E-state index is 0.188. The molecule has 0 saturated carbocycles. The zero-order valence-electron chi connectivity index (χ0n) is 15.2. The number of fused-ring (bicyclic) bond motifs is 2. The van der Waals surface area contributed by atoms with E-state index in [0.717, 1.165) is 0 Å². The van der Waals surface area contributed by atoms with Crippen molar-refractivity contribution >= 4 is 23.2 Å². The number of carbonyl (C=O) groups is 3. The molecule has 0 spiro atoms. The quantitative estimate of drug-likeness (QED) is 0.586. The van der Waals surface area contributed by atoms with Crippen LogP contribution in [0.4, 0.5) is 5.69 Å². The second-order valence-electron chi connectivity index (χ2n) is 6.38. The van der Waals surface area contributed by atoms with E-state index in [1.165, 1.54) is 0 Å². The van der Waals surface area contributed by atoms with Gasteiger partial charge in [0.2, 0.25) is 0 Å². The van der Waals surface area contributed by atoms with Gasteiger partial charge in [0.25, 0.3) is 5.91 Å². The third-order valence-electron chi connectivity index (χ3n) is 4.59. The summed E-state index contributed by atoms with van der Waals surface area (Å²) in [6.45, 7) is 2.38. The first-order valence-electron chi connectivity index (χ1n) is 8.95. The van der Waals surface area contributed by atoms with Gasteiger partial charge < -0.3 is 10.1 Å². The van der Waals surface area contributed by atoms with E-state index in [-0.39, 0.29) is 17.5 Å². The molecular formula is C23H17NO4. The van der Waals surface area contributed by atoms with Crippen molar-refractivity contribution in [3.8, 4) is 5.75 Å². The SMILES string of the molecule is CCOc1cccc(C(=O)Nc2ccc3c(c2)C(=O)c2ccccc2C3=O)c1. The fraction of sp³-hybridized carbons (Fsp3) is 0.0870. The maximum absolute atomic E-state index is 12.8. The highest BCUT2D eigenvalue weighted by atomic mass is 16.5. The Hall–Kier alpha value is -3.73. The predicted molar refractivity (Wildman–Crippen MR) is 105 cm³/mol. The Bertz CT molecular complexity index is 1120. The molecule has 4 rings (SSSR count). The van der Waals surface area contributed by atoms with E-state index in [0.29, 0.717) is 45.9 Å². The van der Waals surface area contributed by atoms with Crippen LogP contribution < -0.4 is 10.1 Å². The lowest BCUT2D eigenvalue weighted by molar-refractivity contribution is 0.0979. The molecule has 5 heteroatoms. The molecule has 0 heterocycles. The van der Waals surface area contributed by atoms with Crippen LogP contribution in [-0.2, 0) is 0 Å². The number of carbonyl (C=O) groups excluding carboxylic acids is 3. The van der Waals surface area contributed by atoms with Gasteiger partial charge in [-0.05, 0) is 43.3 Å². The number of benzene rings is 3. The fourth-order valence-corrected chi connectivity index (χ4v) is 3.27. The monoisotopic (exact) mass is 371 g/mol. The molecule has 5 nitrogen and oxygen atoms in total. The molecule has 0 fully saturated rings. The minimum Gasteiger partial charge on any atom is -0.494 e. The Morgan fingerprint density at radius 3 is 2.21 bits per heavy atom. The van der Waals surface area contributed by atoms with Crippen LogP contribution in [-0.4, -0.2) is 24.1 Å². The topological polar surface area (TPSA) is 72.5 Å². The Morgan fingerprint density at radius 1 is 0.821 bits per heavy atom. The smallest absolute Gasteiger partial charge is 0.255 e. The number of ether oxygens (including phenoxy) is 1. The molecule has 1 N–H and O–H groups in total. The van der Waals surface area contributed by atoms with Crippen LogP contribution in [0.5, 0.6) is 5.75 Å². The molecule has 0 unspecified atom stereocenters. The van der Waals surface area contributed by atoms with Crippen LogP contribution in [0.15, 0.2) is 66.7 Å². The highest BCUT2D eigenvalue weighted by molar-refractivity contribution is 6.28. The molecule has 0 aliphatic heterocycles. The Labute approximate surface area is 162 Å². The maximum Gasteiger partial charge on any atom is 0.255 e. The largest absolute Gasteiger partial charge is 0.494 e. The molecule has 1 aliphatic carbocycles. The number of amides is 1. The standard InChI is InChI=1S/C23H17NO4/c1-2-28-16-7-5-6-14(12-16)23(27)24-15-10-11-19-20(13-15)22(26)18-9-4-3-8-17(18)21(19)25/h3-13H,2H2,1H3,(H,24,27). The first-order chi connectivity index (χ1) is 13.6. The fourth-order valence-electron chi connectivity index (χ4n) is 3.27. The van der Waals surface area contributed by atoms with Gasteiger partial charge in [-0.15, -0.1) is 0 Å². The molecule has 3 aromatic carbocycles. The van der Waals surface area contributed by atoms with Crippen LogP contribution >= 0.6 is 0 Å². The Morgan fingerprint density at radius 2 is 1.50 bits per heavy atom. The molecule has 28 heavy (non-hydrogen) atoms. The van der Waals surface area contributed by atoms with E-state index in [1.807, 2.05) is 6.92 Å². The summed E-state index contributed by atoms with van der Waals surface area (Å²) >= 11 is 0. The lowest BCUT2D eigenvalue weighted by Crippen LogP contribution is -2.21. The second-order valence-corrected chi connectivity index (χ2v) is 6.38. The summed E-state index contributed by atoms with van der Waals surface area (Å²) < 4.78 is 5.42. The molecule has 138 valence electrons. The minimum atomic E-state index is -0.323. The van der Waals surface area contributed by atoms with Crippen molar-refractivity contribution in [3.05, 3.63) is 94.5 Å². The molecule has 0 saturated heterocycles. The number of nitrogens with one attached hydrogen (secondary N) is 1. The van der Waals surface area contributed by atoms with Crippen LogP contribution in [0.1, 0.15) is 49.1 Å². The van der Waals surface area contributed by atoms with Crippen molar-refractivity contribution in [3.63, 3.8) is 0 Å². The molecule has 0 atom stereocenters. The zero-order chi connectivity index (χ0) is 19.7. The van der Waals surface area contributed by atoms with Gasteiger partial charge in [0.1, 0.15) is 5.75 Å². The Kier molecular flexibility index (Phi) is 4.49. The van der Waals surface area contributed by atoms with Gasteiger partial charge in [0.05, 0.1) is 6.61 Å². The summed E-state index contributed by atoms with van der Waals surface area (Å²) in [4.78, 5) is 38.0. The number of hydrogen-bond acceptors (Lipinski definition) is 4. The average Bonchev–Trinajstić information content (AvgIpc) is 2.72. The summed E-state index contributed by atoms with van der Waals surface area (Å²) in [7, 11) is 0. The summed E-state index contributed by atoms with van der Waals surface area (Å²) in [5.74, 6) is -0.124. The third kappa shape index (κ3) is 3.07. The van der Waals surface area contributed by atoms with Crippen molar-refractivity contribution in [2.75, 3.05) is 11.9 Å². The molecule has 3 aromatic rings. The summed E-state index contributed by atoms with van der Waals surface area (Å²) in [6.07, 6.45) is 0. The predicted octanol–water partition coefficient (Wildman–Crippen LogP) is 4.11. The summed E-state index contributed by atoms with van der Waals surface area (Å²) in [5, 5.41) is 2.78. The molecule has 0 radical (unpaired) electrons. The van der Waals surface area contributed by atoms with E-state index in [9.17, 15) is 14.4 Å². The summed E-state index contributed by atoms with van der Waals surface area (Å²) in [5.41, 5.74) is 2.32. The van der Waals surface area contributed by atoms with Crippen molar-refractivity contribution in [2.45, 2.75) is 6.92 Å². The highest BCUT2D eigenvalue weighted by Crippen LogP contribution is 2.29. The lowest BCUT2D eigenvalue weighted by atomic mass is 9.84. The molecule has 1 aliphatic rings. The lowest BCUT2D eigenvalue weighted by Gasteiger charge is -2.18. The van der Waals surface area contributed by atoms with Crippen molar-refractivity contribution in [1.29, 1.82) is 0 Å². The number of anilines is 1. The van der Waals surface area contributed by atoms with Crippen LogP contribution in [0.3, 0.4) is 0 Å². The van der Waals surface area contributed by atoms with E-state index in [1.54, 1.807) is 66.7 Å². The average molecular weight is 371 g/mol. The highest BCUT2D eigenvalue weighted by Gasteiger charge is 2.29. The van der Waals surface area contributed by atoms with Crippen molar-refractivity contribution in [1.82, 2.24) is 0 Å². The molecule has 0 bridgehead atoms. The third-order valence-corrected chi connectivity index (χ3v) is 4.59. The summed E-state index contributed by atoms with van der Waals surface area (Å²) in [6, 6.07) is 18.4. The van der Waals surface area contributed by atoms with Crippen molar-refractivity contribution in [2.24, 2.45) is 0 Å². The normalized spacial score (nSPS) is 12.2. The van der Waals surface area contributed by atoms with Gasteiger partial charge in [-0.1, -0.05) is 30.3 Å². The number of ketones is 2. The van der Waals surface area contributed by atoms with Gasteiger partial charge in [-0.2, -0.15) is 0 Å². The van der Waals surface area contributed by atoms with E-state index in [4.69, 9.17) is 4.74 Å². The van der Waals surface area contributed by atoms with Crippen molar-refractivity contribution < 1.29 is 19.1 Å². The molecule has 0 aromatic heterocycles. The maximum atomic E-state index is 12.8. The second kappa shape index (κ2) is 7.12. The molecular weight excluding hydrogens is 354 g/mol. The van der Waals surface area contributed by atoms with Gasteiger partial charge in [0.15, 0.2) is 11.6 Å². The van der Waals surface area contributed by atoms with Gasteiger partial charge in [0, 0.05) is 33.5 Å². The van der Waals surface area contributed by atoms with Crippen LogP contribution in [0, 0.1) is 0 Å². The van der Waals surface area contributed by atoms with E-state index in [2.05, 4.69) is 5.32 Å². The zero-order valence-corrected chi connectivity index (χ0v) is 15.2. The number of hydrogen-bond donors (Lipinski definition) is 1. The Balaban J connectivity index is 1.63. The van der Waals surface area contributed by atoms with Crippen LogP contribution in [0.25, 0.3) is 0 Å². The first kappa shape index (κ1) is 17.7. The van der Waals surface area contributed by atoms with Gasteiger partial charge >= 0.3 is 0 Å². The van der Waals surface area contributed by atoms with Crippen LogP contribution in [0.2, 0.25) is 0 Å². The van der Waals surface area contributed by atoms with Gasteiger partial charge in [-0.25, -0.2) is 0 Å². The number of rotatable bonds is 4.